The number of likely N-dealkylation sites (tertiary alicyclic amines) is 1. The molecule has 1 aromatic carbocycles. The standard InChI is InChI=1S/C22H29N3O3S/c1-3-4-10-23-21(26)18-9-8-16(2)25(12-18)22(27)17-6-5-7-20(11-17)28-13-19-14-29-15-24-19/h5-7,11,14-16,18H,3-4,8-10,12-13H2,1-2H3,(H,23,26). The Labute approximate surface area is 176 Å². The fourth-order valence-electron chi connectivity index (χ4n) is 3.49. The number of unbranched alkanes of at least 4 members (excludes halogenated alkanes) is 1. The van der Waals surface area contributed by atoms with Crippen LogP contribution < -0.4 is 10.1 Å². The van der Waals surface area contributed by atoms with Crippen molar-refractivity contribution in [3.63, 3.8) is 0 Å². The lowest BCUT2D eigenvalue weighted by atomic mass is 9.92. The molecular formula is C22H29N3O3S. The molecule has 0 spiro atoms. The van der Waals surface area contributed by atoms with E-state index in [0.717, 1.165) is 31.4 Å². The second kappa shape index (κ2) is 10.4. The second-order valence-corrected chi connectivity index (χ2v) is 8.24. The van der Waals surface area contributed by atoms with E-state index in [2.05, 4.69) is 17.2 Å². The van der Waals surface area contributed by atoms with E-state index in [4.69, 9.17) is 4.74 Å². The lowest BCUT2D eigenvalue weighted by Gasteiger charge is -2.37. The topological polar surface area (TPSA) is 71.5 Å². The molecule has 156 valence electrons. The average molecular weight is 416 g/mol. The van der Waals surface area contributed by atoms with Crippen molar-refractivity contribution in [3.05, 3.63) is 46.4 Å². The van der Waals surface area contributed by atoms with Crippen LogP contribution in [0.15, 0.2) is 35.2 Å². The van der Waals surface area contributed by atoms with Crippen LogP contribution in [-0.4, -0.2) is 40.8 Å². The smallest absolute Gasteiger partial charge is 0.254 e. The van der Waals surface area contributed by atoms with Crippen LogP contribution in [0.25, 0.3) is 0 Å². The Morgan fingerprint density at radius 3 is 2.97 bits per heavy atom. The number of hydrogen-bond acceptors (Lipinski definition) is 5. The maximum atomic E-state index is 13.2. The molecule has 2 heterocycles. The van der Waals surface area contributed by atoms with Crippen molar-refractivity contribution < 1.29 is 14.3 Å². The van der Waals surface area contributed by atoms with Crippen LogP contribution in [-0.2, 0) is 11.4 Å². The molecule has 2 aromatic rings. The molecule has 1 aliphatic heterocycles. The number of rotatable bonds is 8. The van der Waals surface area contributed by atoms with Crippen molar-refractivity contribution in [3.8, 4) is 5.75 Å². The quantitative estimate of drug-likeness (QED) is 0.664. The van der Waals surface area contributed by atoms with Gasteiger partial charge in [0.05, 0.1) is 17.1 Å². The maximum Gasteiger partial charge on any atom is 0.254 e. The van der Waals surface area contributed by atoms with E-state index in [-0.39, 0.29) is 23.8 Å². The highest BCUT2D eigenvalue weighted by atomic mass is 32.1. The maximum absolute atomic E-state index is 13.2. The summed E-state index contributed by atoms with van der Waals surface area (Å²) in [5.74, 6) is 0.504. The number of nitrogens with one attached hydrogen (secondary N) is 1. The minimum atomic E-state index is -0.142. The number of ether oxygens (including phenoxy) is 1. The second-order valence-electron chi connectivity index (χ2n) is 7.52. The Bertz CT molecular complexity index is 809. The van der Waals surface area contributed by atoms with Crippen LogP contribution in [0.2, 0.25) is 0 Å². The van der Waals surface area contributed by atoms with E-state index >= 15 is 0 Å². The molecule has 1 fully saturated rings. The van der Waals surface area contributed by atoms with Crippen molar-refractivity contribution in [2.24, 2.45) is 5.92 Å². The van der Waals surface area contributed by atoms with E-state index in [0.29, 0.717) is 31.0 Å². The van der Waals surface area contributed by atoms with Gasteiger partial charge in [-0.05, 0) is 44.4 Å². The Morgan fingerprint density at radius 1 is 1.34 bits per heavy atom. The van der Waals surface area contributed by atoms with E-state index < -0.39 is 0 Å². The Hall–Kier alpha value is -2.41. The van der Waals surface area contributed by atoms with Crippen LogP contribution in [0.4, 0.5) is 0 Å². The Kier molecular flexibility index (Phi) is 7.63. The number of carbonyl (C=O) groups excluding carboxylic acids is 2. The van der Waals surface area contributed by atoms with E-state index in [1.54, 1.807) is 17.6 Å². The molecule has 0 saturated carbocycles. The highest BCUT2D eigenvalue weighted by Crippen LogP contribution is 2.25. The van der Waals surface area contributed by atoms with Gasteiger partial charge in [0.15, 0.2) is 0 Å². The first-order valence-corrected chi connectivity index (χ1v) is 11.2. The number of aromatic nitrogens is 1. The molecule has 7 heteroatoms. The van der Waals surface area contributed by atoms with Crippen molar-refractivity contribution in [2.75, 3.05) is 13.1 Å². The van der Waals surface area contributed by atoms with Gasteiger partial charge in [0.2, 0.25) is 5.91 Å². The molecule has 6 nitrogen and oxygen atoms in total. The molecule has 29 heavy (non-hydrogen) atoms. The lowest BCUT2D eigenvalue weighted by molar-refractivity contribution is -0.126. The number of benzene rings is 1. The van der Waals surface area contributed by atoms with Crippen molar-refractivity contribution >= 4 is 23.2 Å². The molecule has 2 unspecified atom stereocenters. The molecular weight excluding hydrogens is 386 g/mol. The first-order chi connectivity index (χ1) is 14.1. The normalized spacial score (nSPS) is 19.0. The van der Waals surface area contributed by atoms with Gasteiger partial charge in [-0.3, -0.25) is 9.59 Å². The van der Waals surface area contributed by atoms with Crippen LogP contribution in [0.5, 0.6) is 5.75 Å². The highest BCUT2D eigenvalue weighted by molar-refractivity contribution is 7.07. The first kappa shape index (κ1) is 21.3. The first-order valence-electron chi connectivity index (χ1n) is 10.3. The van der Waals surface area contributed by atoms with Gasteiger partial charge in [0.1, 0.15) is 12.4 Å². The lowest BCUT2D eigenvalue weighted by Crippen LogP contribution is -2.49. The predicted octanol–water partition coefficient (Wildman–Crippen LogP) is 3.88. The largest absolute Gasteiger partial charge is 0.487 e. The highest BCUT2D eigenvalue weighted by Gasteiger charge is 2.33. The minimum absolute atomic E-state index is 0.0531. The van der Waals surface area contributed by atoms with E-state index in [9.17, 15) is 9.59 Å². The van der Waals surface area contributed by atoms with Gasteiger partial charge >= 0.3 is 0 Å². The molecule has 1 aromatic heterocycles. The van der Waals surface area contributed by atoms with Gasteiger partial charge in [-0.15, -0.1) is 11.3 Å². The number of hydrogen-bond donors (Lipinski definition) is 1. The summed E-state index contributed by atoms with van der Waals surface area (Å²) >= 11 is 1.53. The average Bonchev–Trinajstić information content (AvgIpc) is 3.26. The van der Waals surface area contributed by atoms with E-state index in [1.165, 1.54) is 11.3 Å². The van der Waals surface area contributed by atoms with Gasteiger partial charge < -0.3 is 15.0 Å². The van der Waals surface area contributed by atoms with Gasteiger partial charge in [-0.25, -0.2) is 4.98 Å². The number of piperidine rings is 1. The Morgan fingerprint density at radius 2 is 2.21 bits per heavy atom. The summed E-state index contributed by atoms with van der Waals surface area (Å²) in [4.78, 5) is 31.6. The van der Waals surface area contributed by atoms with Gasteiger partial charge in [0.25, 0.3) is 5.91 Å². The zero-order chi connectivity index (χ0) is 20.6. The number of carbonyl (C=O) groups is 2. The minimum Gasteiger partial charge on any atom is -0.487 e. The van der Waals surface area contributed by atoms with Gasteiger partial charge in [-0.2, -0.15) is 0 Å². The van der Waals surface area contributed by atoms with E-state index in [1.807, 2.05) is 29.3 Å². The molecule has 1 aliphatic rings. The molecule has 0 bridgehead atoms. The SMILES string of the molecule is CCCCNC(=O)C1CCC(C)N(C(=O)c2cccc(OCc3cscn3)c2)C1. The zero-order valence-electron chi connectivity index (χ0n) is 17.1. The third kappa shape index (κ3) is 5.79. The van der Waals surface area contributed by atoms with Crippen LogP contribution in [0.1, 0.15) is 55.6 Å². The Balaban J connectivity index is 1.63. The summed E-state index contributed by atoms with van der Waals surface area (Å²) in [7, 11) is 0. The summed E-state index contributed by atoms with van der Waals surface area (Å²) < 4.78 is 5.78. The van der Waals surface area contributed by atoms with Crippen molar-refractivity contribution in [2.45, 2.75) is 52.2 Å². The fourth-order valence-corrected chi connectivity index (χ4v) is 4.03. The summed E-state index contributed by atoms with van der Waals surface area (Å²) in [5, 5.41) is 4.95. The molecule has 2 amide bonds. The van der Waals surface area contributed by atoms with Gasteiger partial charge in [0, 0.05) is 30.1 Å². The molecule has 0 radical (unpaired) electrons. The molecule has 1 saturated heterocycles. The summed E-state index contributed by atoms with van der Waals surface area (Å²) in [6.45, 7) is 5.69. The number of amides is 2. The summed E-state index contributed by atoms with van der Waals surface area (Å²) in [6.07, 6.45) is 3.68. The monoisotopic (exact) mass is 415 g/mol. The van der Waals surface area contributed by atoms with Crippen LogP contribution >= 0.6 is 11.3 Å². The molecule has 2 atom stereocenters. The van der Waals surface area contributed by atoms with Crippen molar-refractivity contribution in [1.29, 1.82) is 0 Å². The third-order valence-electron chi connectivity index (χ3n) is 5.29. The predicted molar refractivity (Wildman–Crippen MR) is 114 cm³/mol. The summed E-state index contributed by atoms with van der Waals surface area (Å²) in [6, 6.07) is 7.35. The van der Waals surface area contributed by atoms with Gasteiger partial charge in [-0.1, -0.05) is 19.4 Å². The number of thiazole rings is 1. The molecule has 1 N–H and O–H groups in total. The fraction of sp³-hybridized carbons (Fsp3) is 0.500. The van der Waals surface area contributed by atoms with Crippen LogP contribution in [0.3, 0.4) is 0 Å². The molecule has 3 rings (SSSR count). The summed E-state index contributed by atoms with van der Waals surface area (Å²) in [5.41, 5.74) is 3.22. The third-order valence-corrected chi connectivity index (χ3v) is 5.93. The van der Waals surface area contributed by atoms with Crippen LogP contribution in [0, 0.1) is 5.92 Å². The zero-order valence-corrected chi connectivity index (χ0v) is 17.9. The van der Waals surface area contributed by atoms with Crippen molar-refractivity contribution in [1.82, 2.24) is 15.2 Å². The molecule has 0 aliphatic carbocycles. The number of nitrogens with zero attached hydrogens (tertiary/aromatic N) is 2.